The van der Waals surface area contributed by atoms with Gasteiger partial charge in [-0.1, -0.05) is 0 Å². The second kappa shape index (κ2) is 7.16. The molecule has 0 radical (unpaired) electrons. The summed E-state index contributed by atoms with van der Waals surface area (Å²) in [6, 6.07) is -0.0637. The Hall–Kier alpha value is -0.230. The average molecular weight is 289 g/mol. The highest BCUT2D eigenvalue weighted by atomic mass is 19.1. The average Bonchev–Trinajstić information content (AvgIpc) is 2.43. The molecule has 0 amide bonds. The van der Waals surface area contributed by atoms with Crippen molar-refractivity contribution in [2.45, 2.75) is 63.4 Å². The van der Waals surface area contributed by atoms with Crippen molar-refractivity contribution in [3.63, 3.8) is 0 Å². The summed E-state index contributed by atoms with van der Waals surface area (Å²) in [5.74, 6) is 0.718. The van der Waals surface area contributed by atoms with E-state index in [4.69, 9.17) is 0 Å². The van der Waals surface area contributed by atoms with Gasteiger partial charge in [0, 0.05) is 19.1 Å². The minimum atomic E-state index is -0.730. The lowest BCUT2D eigenvalue weighted by atomic mass is 9.79. The van der Waals surface area contributed by atoms with Crippen LogP contribution in [0.15, 0.2) is 0 Å². The zero-order valence-electron chi connectivity index (χ0n) is 12.3. The van der Waals surface area contributed by atoms with Gasteiger partial charge in [0.15, 0.2) is 0 Å². The van der Waals surface area contributed by atoms with Crippen molar-refractivity contribution in [2.24, 2.45) is 11.8 Å². The number of β-amino-alcohol motifs (C(OH)–C–C–N with tert-alkyl or cyclic N) is 1. The lowest BCUT2D eigenvalue weighted by Gasteiger charge is -2.42. The Bertz CT molecular complexity index is 295. The highest BCUT2D eigenvalue weighted by Crippen LogP contribution is 2.33. The predicted molar refractivity (Wildman–Crippen MR) is 75.1 cm³/mol. The second-order valence-corrected chi connectivity index (χ2v) is 6.62. The van der Waals surface area contributed by atoms with Gasteiger partial charge in [-0.05, 0) is 50.9 Å². The fraction of sp³-hybridized carbons (Fsp3) is 1.00. The monoisotopic (exact) mass is 289 g/mol. The van der Waals surface area contributed by atoms with Crippen LogP contribution in [0.2, 0.25) is 0 Å². The van der Waals surface area contributed by atoms with Crippen molar-refractivity contribution in [1.82, 2.24) is 4.90 Å². The van der Waals surface area contributed by atoms with E-state index < -0.39 is 18.4 Å². The van der Waals surface area contributed by atoms with Crippen LogP contribution in [-0.2, 0) is 0 Å². The smallest absolute Gasteiger partial charge is 0.100 e. The van der Waals surface area contributed by atoms with Gasteiger partial charge in [0.25, 0.3) is 0 Å². The molecule has 1 unspecified atom stereocenters. The fourth-order valence-corrected chi connectivity index (χ4v) is 3.67. The Morgan fingerprint density at radius 2 is 1.80 bits per heavy atom. The lowest BCUT2D eigenvalue weighted by molar-refractivity contribution is -0.0762. The van der Waals surface area contributed by atoms with Crippen LogP contribution in [-0.4, -0.2) is 64.3 Å². The van der Waals surface area contributed by atoms with E-state index in [0.717, 1.165) is 32.2 Å². The van der Waals surface area contributed by atoms with Crippen LogP contribution in [0.3, 0.4) is 0 Å². The van der Waals surface area contributed by atoms with Gasteiger partial charge in [-0.25, -0.2) is 4.39 Å². The summed E-state index contributed by atoms with van der Waals surface area (Å²) in [6.45, 7) is 2.92. The summed E-state index contributed by atoms with van der Waals surface area (Å²) in [4.78, 5) is 2.10. The highest BCUT2D eigenvalue weighted by Gasteiger charge is 2.35. The number of halogens is 1. The van der Waals surface area contributed by atoms with E-state index in [1.807, 2.05) is 0 Å². The lowest BCUT2D eigenvalue weighted by Crippen LogP contribution is -2.54. The summed E-state index contributed by atoms with van der Waals surface area (Å²) in [5.41, 5.74) is 0. The minimum Gasteiger partial charge on any atom is -0.395 e. The predicted octanol–water partition coefficient (Wildman–Crippen LogP) is 0.939. The summed E-state index contributed by atoms with van der Waals surface area (Å²) in [6.07, 6.45) is 2.17. The number of piperidine rings is 1. The van der Waals surface area contributed by atoms with Crippen molar-refractivity contribution in [1.29, 1.82) is 0 Å². The molecule has 1 saturated carbocycles. The fourth-order valence-electron chi connectivity index (χ4n) is 3.67. The number of rotatable bonds is 4. The molecule has 20 heavy (non-hydrogen) atoms. The van der Waals surface area contributed by atoms with E-state index in [9.17, 15) is 19.7 Å². The van der Waals surface area contributed by atoms with Gasteiger partial charge >= 0.3 is 0 Å². The molecule has 2 aliphatic rings. The number of hydrogen-bond donors (Lipinski definition) is 3. The molecule has 1 saturated heterocycles. The molecule has 0 aromatic carbocycles. The third kappa shape index (κ3) is 3.91. The quantitative estimate of drug-likeness (QED) is 0.721. The number of hydrogen-bond acceptors (Lipinski definition) is 4. The third-order valence-electron chi connectivity index (χ3n) is 5.14. The first-order valence-electron chi connectivity index (χ1n) is 7.86. The first-order chi connectivity index (χ1) is 9.51. The second-order valence-electron chi connectivity index (χ2n) is 6.62. The van der Waals surface area contributed by atoms with Crippen molar-refractivity contribution < 1.29 is 19.7 Å². The van der Waals surface area contributed by atoms with Crippen LogP contribution in [0.25, 0.3) is 0 Å². The molecule has 5 heteroatoms. The molecule has 0 aromatic heterocycles. The molecule has 118 valence electrons. The zero-order chi connectivity index (χ0) is 14.7. The molecule has 0 aromatic rings. The molecule has 2 rings (SSSR count). The zero-order valence-corrected chi connectivity index (χ0v) is 12.3. The molecular weight excluding hydrogens is 261 g/mol. The number of aliphatic hydroxyl groups is 3. The molecule has 3 N–H and O–H groups in total. The first-order valence-corrected chi connectivity index (χ1v) is 7.86. The van der Waals surface area contributed by atoms with Crippen LogP contribution >= 0.6 is 0 Å². The van der Waals surface area contributed by atoms with Crippen molar-refractivity contribution in [3.05, 3.63) is 0 Å². The molecule has 4 atom stereocenters. The third-order valence-corrected chi connectivity index (χ3v) is 5.14. The minimum absolute atomic E-state index is 0.0145. The largest absolute Gasteiger partial charge is 0.395 e. The molecule has 1 heterocycles. The maximum Gasteiger partial charge on any atom is 0.100 e. The van der Waals surface area contributed by atoms with E-state index in [2.05, 4.69) is 4.90 Å². The van der Waals surface area contributed by atoms with Crippen LogP contribution in [0.5, 0.6) is 0 Å². The molecule has 1 aliphatic carbocycles. The first kappa shape index (κ1) is 16.1. The van der Waals surface area contributed by atoms with Gasteiger partial charge in [0.1, 0.15) is 6.17 Å². The standard InChI is InChI=1S/C15H28FNO3/c1-10(16)12-4-2-11(3-5-12)7-17-8-15(20)14(19)6-13(17)9-18/h10-15,18-20H,2-9H2,1H3/t10?,11-,12-,13-,14+,15+/m1/s1. The number of nitrogens with zero attached hydrogens (tertiary/aromatic N) is 1. The SMILES string of the molecule is CC(F)[C@H]1CC[C@H](CN2C[C@H](O)[C@@H](O)C[C@@H]2CO)CC1. The molecule has 0 spiro atoms. The maximum absolute atomic E-state index is 13.3. The van der Waals surface area contributed by atoms with Crippen molar-refractivity contribution in [2.75, 3.05) is 19.7 Å². The Morgan fingerprint density at radius 3 is 2.35 bits per heavy atom. The molecule has 0 bridgehead atoms. The van der Waals surface area contributed by atoms with E-state index in [1.165, 1.54) is 0 Å². The van der Waals surface area contributed by atoms with E-state index >= 15 is 0 Å². The normalized spacial score (nSPS) is 41.5. The van der Waals surface area contributed by atoms with Crippen molar-refractivity contribution in [3.8, 4) is 0 Å². The number of aliphatic hydroxyl groups excluding tert-OH is 3. The van der Waals surface area contributed by atoms with Gasteiger partial charge in [-0.15, -0.1) is 0 Å². The van der Waals surface area contributed by atoms with Crippen LogP contribution in [0, 0.1) is 11.8 Å². The molecule has 4 nitrogen and oxygen atoms in total. The van der Waals surface area contributed by atoms with Gasteiger partial charge in [-0.3, -0.25) is 4.90 Å². The molecule has 1 aliphatic heterocycles. The topological polar surface area (TPSA) is 63.9 Å². The molecule has 2 fully saturated rings. The summed E-state index contributed by atoms with van der Waals surface area (Å²) in [7, 11) is 0. The van der Waals surface area contributed by atoms with Crippen LogP contribution < -0.4 is 0 Å². The van der Waals surface area contributed by atoms with Gasteiger partial charge < -0.3 is 15.3 Å². The Kier molecular flexibility index (Phi) is 5.78. The Balaban J connectivity index is 1.83. The summed E-state index contributed by atoms with van der Waals surface area (Å²) < 4.78 is 13.3. The summed E-state index contributed by atoms with van der Waals surface area (Å²) >= 11 is 0. The Labute approximate surface area is 120 Å². The van der Waals surface area contributed by atoms with Crippen LogP contribution in [0.4, 0.5) is 4.39 Å². The Morgan fingerprint density at radius 1 is 1.15 bits per heavy atom. The van der Waals surface area contributed by atoms with Gasteiger partial charge in [0.05, 0.1) is 18.8 Å². The number of likely N-dealkylation sites (tertiary alicyclic amines) is 1. The van der Waals surface area contributed by atoms with Gasteiger partial charge in [0.2, 0.25) is 0 Å². The maximum atomic E-state index is 13.3. The van der Waals surface area contributed by atoms with Crippen LogP contribution in [0.1, 0.15) is 39.0 Å². The van der Waals surface area contributed by atoms with Gasteiger partial charge in [-0.2, -0.15) is 0 Å². The van der Waals surface area contributed by atoms with E-state index in [-0.39, 0.29) is 18.6 Å². The van der Waals surface area contributed by atoms with Crippen molar-refractivity contribution >= 4 is 0 Å². The van der Waals surface area contributed by atoms with E-state index in [0.29, 0.717) is 18.9 Å². The molecular formula is C15H28FNO3. The number of alkyl halides is 1. The van der Waals surface area contributed by atoms with E-state index in [1.54, 1.807) is 6.92 Å². The highest BCUT2D eigenvalue weighted by molar-refractivity contribution is 4.88. The summed E-state index contributed by atoms with van der Waals surface area (Å²) in [5, 5.41) is 28.9.